The van der Waals surface area contributed by atoms with E-state index in [9.17, 15) is 9.18 Å². The molecule has 1 aromatic carbocycles. The van der Waals surface area contributed by atoms with Gasteiger partial charge in [-0.3, -0.25) is 4.79 Å². The number of halogens is 2. The second kappa shape index (κ2) is 5.36. The summed E-state index contributed by atoms with van der Waals surface area (Å²) in [5.41, 5.74) is 0.459. The van der Waals surface area contributed by atoms with Gasteiger partial charge in [0.2, 0.25) is 0 Å². The zero-order valence-corrected chi connectivity index (χ0v) is 10.9. The van der Waals surface area contributed by atoms with Gasteiger partial charge in [-0.15, -0.1) is 0 Å². The van der Waals surface area contributed by atoms with Gasteiger partial charge in [-0.05, 0) is 18.2 Å². The zero-order valence-electron chi connectivity index (χ0n) is 10.1. The summed E-state index contributed by atoms with van der Waals surface area (Å²) in [4.78, 5) is 14.9. The lowest BCUT2D eigenvalue weighted by atomic mass is 10.2. The summed E-state index contributed by atoms with van der Waals surface area (Å²) < 4.78 is 14.7. The van der Waals surface area contributed by atoms with Gasteiger partial charge < -0.3 is 5.11 Å². The molecule has 0 bridgehead atoms. The van der Waals surface area contributed by atoms with Crippen molar-refractivity contribution in [2.45, 2.75) is 19.9 Å². The second-order valence-electron chi connectivity index (χ2n) is 3.89. The largest absolute Gasteiger partial charge is 0.480 e. The molecule has 0 spiro atoms. The van der Waals surface area contributed by atoms with Gasteiger partial charge >= 0.3 is 5.97 Å². The average molecular weight is 284 g/mol. The highest BCUT2D eigenvalue weighted by atomic mass is 35.5. The third kappa shape index (κ3) is 2.90. The lowest BCUT2D eigenvalue weighted by Gasteiger charge is -1.98. The summed E-state index contributed by atoms with van der Waals surface area (Å²) in [7, 11) is 0. The van der Waals surface area contributed by atoms with Gasteiger partial charge in [-0.25, -0.2) is 14.1 Å². The molecule has 7 heteroatoms. The Bertz CT molecular complexity index is 627. The minimum Gasteiger partial charge on any atom is -0.480 e. The van der Waals surface area contributed by atoms with Gasteiger partial charge in [0.1, 0.15) is 18.2 Å². The minimum absolute atomic E-state index is 0.0180. The first kappa shape index (κ1) is 13.5. The fourth-order valence-corrected chi connectivity index (χ4v) is 1.77. The molecule has 0 aliphatic rings. The molecule has 0 saturated carbocycles. The lowest BCUT2D eigenvalue weighted by molar-refractivity contribution is -0.137. The van der Waals surface area contributed by atoms with E-state index >= 15 is 0 Å². The SMILES string of the molecule is CCc1nc(-c2ccc(Cl)c(F)c2)nn1CC(=O)O. The first-order valence-corrected chi connectivity index (χ1v) is 6.00. The molecule has 0 saturated heterocycles. The number of benzene rings is 1. The maximum absolute atomic E-state index is 13.4. The molecule has 0 aliphatic carbocycles. The molecule has 0 amide bonds. The number of hydrogen-bond acceptors (Lipinski definition) is 3. The van der Waals surface area contributed by atoms with Crippen molar-refractivity contribution < 1.29 is 14.3 Å². The van der Waals surface area contributed by atoms with Crippen LogP contribution in [0.1, 0.15) is 12.7 Å². The second-order valence-corrected chi connectivity index (χ2v) is 4.29. The number of carboxylic acids is 1. The minimum atomic E-state index is -1.01. The predicted octanol–water partition coefficient (Wildman–Crippen LogP) is 2.38. The molecule has 0 aliphatic heterocycles. The van der Waals surface area contributed by atoms with Crippen LogP contribution in [0.3, 0.4) is 0 Å². The van der Waals surface area contributed by atoms with E-state index in [-0.39, 0.29) is 17.4 Å². The van der Waals surface area contributed by atoms with Gasteiger partial charge in [-0.2, -0.15) is 5.10 Å². The third-order valence-corrected chi connectivity index (χ3v) is 2.83. The Morgan fingerprint density at radius 1 is 1.53 bits per heavy atom. The molecule has 2 aromatic rings. The molecule has 0 atom stereocenters. The summed E-state index contributed by atoms with van der Waals surface area (Å²) in [6.07, 6.45) is 0.538. The Morgan fingerprint density at radius 2 is 2.26 bits per heavy atom. The molecule has 2 rings (SSSR count). The highest BCUT2D eigenvalue weighted by Crippen LogP contribution is 2.22. The van der Waals surface area contributed by atoms with Gasteiger partial charge in [-0.1, -0.05) is 18.5 Å². The van der Waals surface area contributed by atoms with Crippen molar-refractivity contribution in [3.05, 3.63) is 34.9 Å². The van der Waals surface area contributed by atoms with Crippen molar-refractivity contribution in [1.29, 1.82) is 0 Å². The van der Waals surface area contributed by atoms with Crippen molar-refractivity contribution in [3.63, 3.8) is 0 Å². The Labute approximate surface area is 113 Å². The molecular formula is C12H11ClFN3O2. The number of rotatable bonds is 4. The Morgan fingerprint density at radius 3 is 2.84 bits per heavy atom. The first-order chi connectivity index (χ1) is 9.01. The number of aromatic nitrogens is 3. The van der Waals surface area contributed by atoms with E-state index in [2.05, 4.69) is 10.1 Å². The number of aliphatic carboxylic acids is 1. The van der Waals surface area contributed by atoms with Crippen LogP contribution in [0.15, 0.2) is 18.2 Å². The van der Waals surface area contributed by atoms with Crippen LogP contribution in [0.25, 0.3) is 11.4 Å². The highest BCUT2D eigenvalue weighted by molar-refractivity contribution is 6.30. The topological polar surface area (TPSA) is 68.0 Å². The third-order valence-electron chi connectivity index (χ3n) is 2.53. The molecule has 1 aromatic heterocycles. The predicted molar refractivity (Wildman–Crippen MR) is 67.4 cm³/mol. The van der Waals surface area contributed by atoms with E-state index in [1.54, 1.807) is 6.07 Å². The first-order valence-electron chi connectivity index (χ1n) is 5.62. The molecule has 1 heterocycles. The molecule has 5 nitrogen and oxygen atoms in total. The Hall–Kier alpha value is -1.95. The van der Waals surface area contributed by atoms with Crippen LogP contribution in [-0.4, -0.2) is 25.8 Å². The van der Waals surface area contributed by atoms with Gasteiger partial charge in [0, 0.05) is 12.0 Å². The monoisotopic (exact) mass is 283 g/mol. The number of hydrogen-bond donors (Lipinski definition) is 1. The van der Waals surface area contributed by atoms with Crippen LogP contribution < -0.4 is 0 Å². The maximum atomic E-state index is 13.4. The zero-order chi connectivity index (χ0) is 14.0. The van der Waals surface area contributed by atoms with Gasteiger partial charge in [0.25, 0.3) is 0 Å². The average Bonchev–Trinajstić information content (AvgIpc) is 2.75. The summed E-state index contributed by atoms with van der Waals surface area (Å²) in [6, 6.07) is 4.23. The summed E-state index contributed by atoms with van der Waals surface area (Å²) in [6.45, 7) is 1.57. The summed E-state index contributed by atoms with van der Waals surface area (Å²) >= 11 is 5.60. The highest BCUT2D eigenvalue weighted by Gasteiger charge is 2.13. The number of aryl methyl sites for hydroxylation is 1. The van der Waals surface area contributed by atoms with Gasteiger partial charge in [0.15, 0.2) is 5.82 Å². The van der Waals surface area contributed by atoms with Crippen LogP contribution >= 0.6 is 11.6 Å². The van der Waals surface area contributed by atoms with E-state index in [1.807, 2.05) is 6.92 Å². The standard InChI is InChI=1S/C12H11ClFN3O2/c1-2-10-15-12(16-17(10)6-11(18)19)7-3-4-8(13)9(14)5-7/h3-5H,2,6H2,1H3,(H,18,19). The number of nitrogens with zero attached hydrogens (tertiary/aromatic N) is 3. The molecule has 0 unspecified atom stereocenters. The van der Waals surface area contributed by atoms with E-state index in [4.69, 9.17) is 16.7 Å². The molecule has 0 radical (unpaired) electrons. The summed E-state index contributed by atoms with van der Waals surface area (Å²) in [5, 5.41) is 12.9. The summed E-state index contributed by atoms with van der Waals surface area (Å²) in [5.74, 6) is -0.748. The van der Waals surface area contributed by atoms with Crippen molar-refractivity contribution >= 4 is 17.6 Å². The van der Waals surface area contributed by atoms with E-state index in [1.165, 1.54) is 16.8 Å². The Kier molecular flexibility index (Phi) is 3.80. The van der Waals surface area contributed by atoms with E-state index in [0.29, 0.717) is 17.8 Å². The smallest absolute Gasteiger partial charge is 0.325 e. The normalized spacial score (nSPS) is 10.7. The van der Waals surface area contributed by atoms with Crippen molar-refractivity contribution in [1.82, 2.24) is 14.8 Å². The molecule has 19 heavy (non-hydrogen) atoms. The van der Waals surface area contributed by atoms with Gasteiger partial charge in [0.05, 0.1) is 5.02 Å². The molecule has 100 valence electrons. The molecule has 1 N–H and O–H groups in total. The van der Waals surface area contributed by atoms with Crippen molar-refractivity contribution in [2.75, 3.05) is 0 Å². The molecule has 0 fully saturated rings. The lowest BCUT2D eigenvalue weighted by Crippen LogP contribution is -2.12. The fourth-order valence-electron chi connectivity index (χ4n) is 1.65. The van der Waals surface area contributed by atoms with E-state index < -0.39 is 11.8 Å². The number of carboxylic acid groups (broad SMARTS) is 1. The maximum Gasteiger partial charge on any atom is 0.325 e. The Balaban J connectivity index is 2.42. The van der Waals surface area contributed by atoms with Crippen molar-refractivity contribution in [3.8, 4) is 11.4 Å². The van der Waals surface area contributed by atoms with E-state index in [0.717, 1.165) is 0 Å². The quantitative estimate of drug-likeness (QED) is 0.935. The van der Waals surface area contributed by atoms with Crippen LogP contribution in [0.5, 0.6) is 0 Å². The van der Waals surface area contributed by atoms with Crippen LogP contribution in [-0.2, 0) is 17.8 Å². The van der Waals surface area contributed by atoms with Crippen LogP contribution in [0.4, 0.5) is 4.39 Å². The van der Waals surface area contributed by atoms with Crippen LogP contribution in [0, 0.1) is 5.82 Å². The molecular weight excluding hydrogens is 273 g/mol. The van der Waals surface area contributed by atoms with Crippen molar-refractivity contribution in [2.24, 2.45) is 0 Å². The van der Waals surface area contributed by atoms with Crippen LogP contribution in [0.2, 0.25) is 5.02 Å². The fraction of sp³-hybridized carbons (Fsp3) is 0.250. The number of carbonyl (C=O) groups is 1.